The maximum absolute atomic E-state index is 13.9. The van der Waals surface area contributed by atoms with E-state index in [2.05, 4.69) is 44.0 Å². The van der Waals surface area contributed by atoms with Crippen LogP contribution >= 0.6 is 11.8 Å². The third kappa shape index (κ3) is 5.27. The summed E-state index contributed by atoms with van der Waals surface area (Å²) < 4.78 is 27.3. The minimum absolute atomic E-state index is 0.151. The zero-order chi connectivity index (χ0) is 20.8. The van der Waals surface area contributed by atoms with Gasteiger partial charge < -0.3 is 15.2 Å². The molecule has 0 aliphatic rings. The first kappa shape index (κ1) is 21.1. The van der Waals surface area contributed by atoms with E-state index < -0.39 is 11.6 Å². The van der Waals surface area contributed by atoms with Crippen LogP contribution in [0.25, 0.3) is 11.2 Å². The molecule has 0 aliphatic heterocycles. The van der Waals surface area contributed by atoms with Crippen molar-refractivity contribution in [3.63, 3.8) is 0 Å². The van der Waals surface area contributed by atoms with Crippen LogP contribution in [0.1, 0.15) is 19.4 Å². The fourth-order valence-corrected chi connectivity index (χ4v) is 3.60. The van der Waals surface area contributed by atoms with Gasteiger partial charge in [-0.1, -0.05) is 37.7 Å². The highest BCUT2D eigenvalue weighted by atomic mass is 32.2. The van der Waals surface area contributed by atoms with E-state index in [0.29, 0.717) is 28.7 Å². The fraction of sp³-hybridized carbons (Fsp3) is 0.368. The molecule has 0 saturated heterocycles. The lowest BCUT2D eigenvalue weighted by Crippen LogP contribution is -2.29. The predicted octanol–water partition coefficient (Wildman–Crippen LogP) is 3.04. The summed E-state index contributed by atoms with van der Waals surface area (Å²) in [6.45, 7) is 7.52. The Morgan fingerprint density at radius 2 is 2.00 bits per heavy atom. The molecule has 29 heavy (non-hydrogen) atoms. The van der Waals surface area contributed by atoms with Gasteiger partial charge in [0, 0.05) is 24.4 Å². The van der Waals surface area contributed by atoms with Crippen molar-refractivity contribution in [1.82, 2.24) is 24.8 Å². The van der Waals surface area contributed by atoms with E-state index in [1.807, 2.05) is 0 Å². The molecule has 0 atom stereocenters. The summed E-state index contributed by atoms with van der Waals surface area (Å²) in [4.78, 5) is 29.5. The second-order valence-electron chi connectivity index (χ2n) is 6.25. The van der Waals surface area contributed by atoms with E-state index in [9.17, 15) is 13.6 Å². The molecule has 3 rings (SSSR count). The summed E-state index contributed by atoms with van der Waals surface area (Å²) in [6, 6.07) is 4.04. The van der Waals surface area contributed by atoms with Crippen molar-refractivity contribution in [3.8, 4) is 0 Å². The first-order valence-corrected chi connectivity index (χ1v) is 10.3. The van der Waals surface area contributed by atoms with Crippen molar-refractivity contribution in [1.29, 1.82) is 0 Å². The van der Waals surface area contributed by atoms with Crippen molar-refractivity contribution in [2.24, 2.45) is 0 Å². The summed E-state index contributed by atoms with van der Waals surface area (Å²) in [6.07, 6.45) is 1.18. The molecule has 0 radical (unpaired) electrons. The molecule has 0 fully saturated rings. The van der Waals surface area contributed by atoms with Crippen molar-refractivity contribution in [2.75, 3.05) is 31.5 Å². The third-order valence-corrected chi connectivity index (χ3v) is 5.32. The minimum Gasteiger partial charge on any atom is -0.367 e. The van der Waals surface area contributed by atoms with Crippen molar-refractivity contribution in [3.05, 3.63) is 51.9 Å². The minimum atomic E-state index is -0.894. The molecule has 3 aromatic rings. The number of anilines is 1. The van der Waals surface area contributed by atoms with E-state index in [0.717, 1.165) is 37.5 Å². The lowest BCUT2D eigenvalue weighted by molar-refractivity contribution is 0.316. The number of H-pyrrole nitrogens is 1. The number of nitrogens with one attached hydrogen (secondary N) is 2. The van der Waals surface area contributed by atoms with Crippen LogP contribution in [0.2, 0.25) is 0 Å². The largest absolute Gasteiger partial charge is 0.367 e. The molecular weight excluding hydrogens is 398 g/mol. The van der Waals surface area contributed by atoms with E-state index in [1.54, 1.807) is 0 Å². The molecule has 0 amide bonds. The number of likely N-dealkylation sites (N-methyl/N-ethyl adjacent to an activating group) is 1. The molecule has 0 saturated carbocycles. The van der Waals surface area contributed by atoms with Crippen LogP contribution in [0.3, 0.4) is 0 Å². The number of aromatic amines is 1. The molecule has 154 valence electrons. The number of thioether (sulfide) groups is 1. The molecule has 7 nitrogen and oxygen atoms in total. The van der Waals surface area contributed by atoms with Gasteiger partial charge in [0.05, 0.1) is 6.20 Å². The summed E-state index contributed by atoms with van der Waals surface area (Å²) in [5, 5.41) is 3.57. The number of hydrogen-bond donors (Lipinski definition) is 2. The maximum atomic E-state index is 13.9. The number of nitrogens with zero attached hydrogens (tertiary/aromatic N) is 4. The van der Waals surface area contributed by atoms with Crippen LogP contribution in [-0.2, 0) is 5.75 Å². The number of rotatable bonds is 9. The highest BCUT2D eigenvalue weighted by molar-refractivity contribution is 7.98. The van der Waals surface area contributed by atoms with Crippen LogP contribution in [0.4, 0.5) is 14.6 Å². The van der Waals surface area contributed by atoms with Crippen LogP contribution in [0.5, 0.6) is 0 Å². The van der Waals surface area contributed by atoms with Crippen molar-refractivity contribution < 1.29 is 8.78 Å². The monoisotopic (exact) mass is 420 g/mol. The molecule has 2 N–H and O–H groups in total. The van der Waals surface area contributed by atoms with E-state index in [1.165, 1.54) is 18.3 Å². The number of aromatic nitrogens is 4. The van der Waals surface area contributed by atoms with Crippen LogP contribution in [0.15, 0.2) is 34.3 Å². The van der Waals surface area contributed by atoms with E-state index >= 15 is 0 Å². The summed E-state index contributed by atoms with van der Waals surface area (Å²) in [5.41, 5.74) is 0.581. The topological polar surface area (TPSA) is 86.8 Å². The first-order chi connectivity index (χ1) is 14.0. The quantitative estimate of drug-likeness (QED) is 0.406. The highest BCUT2D eigenvalue weighted by Crippen LogP contribution is 2.25. The van der Waals surface area contributed by atoms with Gasteiger partial charge in [-0.3, -0.25) is 4.79 Å². The Balaban J connectivity index is 1.83. The molecule has 0 aliphatic carbocycles. The number of hydrogen-bond acceptors (Lipinski definition) is 7. The fourth-order valence-electron chi connectivity index (χ4n) is 2.78. The normalized spacial score (nSPS) is 11.3. The van der Waals surface area contributed by atoms with Gasteiger partial charge >= 0.3 is 0 Å². The molecule has 10 heteroatoms. The third-order valence-electron chi connectivity index (χ3n) is 4.42. The van der Waals surface area contributed by atoms with Crippen LogP contribution in [-0.4, -0.2) is 51.0 Å². The Bertz CT molecular complexity index is 1040. The average molecular weight is 420 g/mol. The Morgan fingerprint density at radius 1 is 1.21 bits per heavy atom. The van der Waals surface area contributed by atoms with Gasteiger partial charge in [0.2, 0.25) is 0 Å². The molecule has 1 aromatic carbocycles. The Hall–Kier alpha value is -2.59. The molecule has 0 bridgehead atoms. The smallest absolute Gasteiger partial charge is 0.268 e. The molecule has 2 heterocycles. The van der Waals surface area contributed by atoms with Gasteiger partial charge in [-0.15, -0.1) is 0 Å². The lowest BCUT2D eigenvalue weighted by atomic mass is 10.2. The second-order valence-corrected chi connectivity index (χ2v) is 7.20. The second kappa shape index (κ2) is 9.75. The van der Waals surface area contributed by atoms with Crippen molar-refractivity contribution >= 4 is 28.7 Å². The highest BCUT2D eigenvalue weighted by Gasteiger charge is 2.13. The number of halogens is 2. The molecule has 0 spiro atoms. The van der Waals surface area contributed by atoms with E-state index in [4.69, 9.17) is 0 Å². The van der Waals surface area contributed by atoms with Crippen LogP contribution < -0.4 is 10.9 Å². The van der Waals surface area contributed by atoms with Gasteiger partial charge in [-0.2, -0.15) is 0 Å². The SMILES string of the molecule is CCN(CC)CCNc1nc(SCc2cccc(F)c2F)nc2[nH]c(=O)cnc12. The molecule has 0 unspecified atom stereocenters. The van der Waals surface area contributed by atoms with Gasteiger partial charge in [0.15, 0.2) is 28.3 Å². The Kier molecular flexibility index (Phi) is 7.10. The van der Waals surface area contributed by atoms with Crippen molar-refractivity contribution in [2.45, 2.75) is 24.8 Å². The van der Waals surface area contributed by atoms with Gasteiger partial charge in [0.1, 0.15) is 5.52 Å². The Labute approximate surface area is 171 Å². The number of fused-ring (bicyclic) bond motifs is 1. The van der Waals surface area contributed by atoms with Crippen LogP contribution in [0, 0.1) is 11.6 Å². The molecular formula is C19H22F2N6OS. The predicted molar refractivity (Wildman–Crippen MR) is 110 cm³/mol. The number of benzene rings is 1. The zero-order valence-electron chi connectivity index (χ0n) is 16.2. The van der Waals surface area contributed by atoms with Gasteiger partial charge in [0.25, 0.3) is 5.56 Å². The Morgan fingerprint density at radius 3 is 2.76 bits per heavy atom. The summed E-state index contributed by atoms with van der Waals surface area (Å²) in [5.74, 6) is -1.14. The molecule has 2 aromatic heterocycles. The van der Waals surface area contributed by atoms with Gasteiger partial charge in [-0.25, -0.2) is 23.7 Å². The zero-order valence-corrected chi connectivity index (χ0v) is 17.0. The maximum Gasteiger partial charge on any atom is 0.268 e. The van der Waals surface area contributed by atoms with Gasteiger partial charge in [-0.05, 0) is 19.2 Å². The first-order valence-electron chi connectivity index (χ1n) is 9.30. The van der Waals surface area contributed by atoms with E-state index in [-0.39, 0.29) is 16.9 Å². The average Bonchev–Trinajstić information content (AvgIpc) is 2.72. The summed E-state index contributed by atoms with van der Waals surface area (Å²) >= 11 is 1.15. The summed E-state index contributed by atoms with van der Waals surface area (Å²) in [7, 11) is 0. The lowest BCUT2D eigenvalue weighted by Gasteiger charge is -2.18. The standard InChI is InChI=1S/C19H22F2N6OS/c1-3-27(4-2)9-8-22-17-16-18(24-14(28)10-23-16)26-19(25-17)29-11-12-6-5-7-13(20)15(12)21/h5-7,10H,3-4,8-9,11H2,1-2H3,(H2,22,24,25,26,28).